The van der Waals surface area contributed by atoms with Crippen molar-refractivity contribution < 1.29 is 40.3 Å². The van der Waals surface area contributed by atoms with E-state index in [-0.39, 0.29) is 24.1 Å². The molecule has 0 radical (unpaired) electrons. The molecule has 0 fully saturated rings. The van der Waals surface area contributed by atoms with Crippen molar-refractivity contribution in [2.75, 3.05) is 27.2 Å². The van der Waals surface area contributed by atoms with Crippen molar-refractivity contribution in [3.05, 3.63) is 78.0 Å². The van der Waals surface area contributed by atoms with Crippen LogP contribution in [0.25, 0.3) is 11.4 Å². The fourth-order valence-corrected chi connectivity index (χ4v) is 5.74. The topological polar surface area (TPSA) is 124 Å². The lowest BCUT2D eigenvalue weighted by atomic mass is 10.1. The molecule has 0 amide bonds. The molecule has 18 heteroatoms. The van der Waals surface area contributed by atoms with Gasteiger partial charge in [-0.1, -0.05) is 67.2 Å². The molecule has 3 heterocycles. The maximum absolute atomic E-state index is 12.8. The highest BCUT2D eigenvalue weighted by molar-refractivity contribution is 6.74. The van der Waals surface area contributed by atoms with Crippen molar-refractivity contribution in [3.63, 3.8) is 0 Å². The number of allylic oxidation sites excluding steroid dienone is 1. The molecule has 57 heavy (non-hydrogen) atoms. The summed E-state index contributed by atoms with van der Waals surface area (Å²) in [7, 11) is 0.357. The van der Waals surface area contributed by atoms with Gasteiger partial charge in [0.05, 0.1) is 24.6 Å². The number of aliphatic hydroxyl groups excluding tert-OH is 1. The van der Waals surface area contributed by atoms with Gasteiger partial charge in [0, 0.05) is 57.0 Å². The van der Waals surface area contributed by atoms with Crippen LogP contribution in [0.2, 0.25) is 36.3 Å². The van der Waals surface area contributed by atoms with Gasteiger partial charge >= 0.3 is 12.4 Å². The summed E-state index contributed by atoms with van der Waals surface area (Å²) in [5.41, 5.74) is 5.36. The van der Waals surface area contributed by atoms with E-state index < -0.39 is 42.1 Å². The van der Waals surface area contributed by atoms with Crippen LogP contribution >= 0.6 is 0 Å². The SMILES string of the molecule is C.CC(C)(C)[Si](C)(C)OCc1cccnc1-c1ccnn1CC(F)(F)F.CCO.CN(C)/C=C/Cc1ncccc1CO[Si](C)(C)C(C)(C)C.NNCC(F)(F)F. The summed E-state index contributed by atoms with van der Waals surface area (Å²) in [6.07, 6.45) is 1.29. The number of nitrogens with two attached hydrogens (primary N) is 1. The van der Waals surface area contributed by atoms with Crippen LogP contribution < -0.4 is 11.3 Å². The number of pyridine rings is 2. The number of halogens is 6. The minimum absolute atomic E-state index is 0. The van der Waals surface area contributed by atoms with E-state index in [1.54, 1.807) is 25.3 Å². The Morgan fingerprint density at radius 1 is 0.807 bits per heavy atom. The summed E-state index contributed by atoms with van der Waals surface area (Å²) in [4.78, 5) is 10.8. The first-order chi connectivity index (χ1) is 25.5. The highest BCUT2D eigenvalue weighted by Crippen LogP contribution is 2.38. The zero-order valence-corrected chi connectivity index (χ0v) is 37.4. The van der Waals surface area contributed by atoms with E-state index >= 15 is 0 Å². The van der Waals surface area contributed by atoms with Crippen molar-refractivity contribution in [1.82, 2.24) is 30.1 Å². The Bertz CT molecular complexity index is 1570. The number of hydrazine groups is 1. The van der Waals surface area contributed by atoms with E-state index in [4.69, 9.17) is 14.0 Å². The third-order valence-corrected chi connectivity index (χ3v) is 17.9. The molecule has 0 aromatic carbocycles. The number of rotatable bonds is 12. The van der Waals surface area contributed by atoms with E-state index in [0.717, 1.165) is 22.4 Å². The Morgan fingerprint density at radius 3 is 1.70 bits per heavy atom. The lowest BCUT2D eigenvalue weighted by Crippen LogP contribution is -2.40. The number of alkyl halides is 6. The highest BCUT2D eigenvalue weighted by Gasteiger charge is 2.38. The standard InChI is InChI=1S/C17H24F3N3OSi.C17H30N2OSi.C2H5F3N2.C2H6O.CH4/c1-16(2,3)25(4,5)24-11-13-7-6-9-21-15(13)14-8-10-22-23(14)12-17(18,19)20;1-17(2,3)21(6,7)20-14-15-10-8-12-18-16(15)11-9-13-19(4)5;3-2(4,5)1-7-6;1-2-3;/h6-10H,11-12H2,1-5H3;8-10,12-13H,11,14H2,1-7H3;7H,1,6H2;3H,2H2,1H3;1H4/b;13-9+;;;. The molecule has 0 unspecified atom stereocenters. The van der Waals surface area contributed by atoms with Crippen molar-refractivity contribution in [1.29, 1.82) is 0 Å². The van der Waals surface area contributed by atoms with Gasteiger partial charge < -0.3 is 18.9 Å². The van der Waals surface area contributed by atoms with Gasteiger partial charge in [0.1, 0.15) is 13.1 Å². The molecular weight excluding hydrogens is 785 g/mol. The number of nitrogens with one attached hydrogen (secondary N) is 1. The summed E-state index contributed by atoms with van der Waals surface area (Å²) in [6.45, 7) is 22.7. The van der Waals surface area contributed by atoms with Gasteiger partial charge in [0.2, 0.25) is 0 Å². The van der Waals surface area contributed by atoms with Crippen LogP contribution in [0.3, 0.4) is 0 Å². The molecule has 0 saturated carbocycles. The number of aliphatic hydroxyl groups is 1. The Hall–Kier alpha value is -3.14. The second-order valence-electron chi connectivity index (χ2n) is 16.1. The van der Waals surface area contributed by atoms with E-state index in [0.29, 0.717) is 24.6 Å². The fraction of sp³-hybridized carbons (Fsp3) is 0.615. The molecule has 4 N–H and O–H groups in total. The van der Waals surface area contributed by atoms with Crippen LogP contribution in [0, 0.1) is 0 Å². The molecule has 0 atom stereocenters. The van der Waals surface area contributed by atoms with Gasteiger partial charge in [-0.2, -0.15) is 31.4 Å². The normalized spacial score (nSPS) is 12.4. The van der Waals surface area contributed by atoms with E-state index in [9.17, 15) is 26.3 Å². The Balaban J connectivity index is 0. The van der Waals surface area contributed by atoms with Crippen LogP contribution in [0.1, 0.15) is 72.7 Å². The quantitative estimate of drug-likeness (QED) is 0.0707. The zero-order valence-electron chi connectivity index (χ0n) is 35.4. The van der Waals surface area contributed by atoms with Crippen LogP contribution in [0.4, 0.5) is 26.3 Å². The molecule has 3 aromatic rings. The molecule has 0 aliphatic heterocycles. The van der Waals surface area contributed by atoms with Gasteiger partial charge in [0.15, 0.2) is 16.6 Å². The number of aromatic nitrogens is 4. The van der Waals surface area contributed by atoms with E-state index in [1.807, 2.05) is 37.3 Å². The zero-order chi connectivity index (χ0) is 43.6. The highest BCUT2D eigenvalue weighted by atomic mass is 28.4. The van der Waals surface area contributed by atoms with E-state index in [2.05, 4.69) is 107 Å². The largest absolute Gasteiger partial charge is 0.412 e. The average molecular weight is 854 g/mol. The monoisotopic (exact) mass is 853 g/mol. The predicted molar refractivity (Wildman–Crippen MR) is 224 cm³/mol. The van der Waals surface area contributed by atoms with Crippen molar-refractivity contribution in [3.8, 4) is 11.4 Å². The maximum atomic E-state index is 12.8. The number of nitrogens with zero attached hydrogens (tertiary/aromatic N) is 5. The van der Waals surface area contributed by atoms with Gasteiger partial charge in [0.25, 0.3) is 0 Å². The predicted octanol–water partition coefficient (Wildman–Crippen LogP) is 9.90. The molecule has 0 bridgehead atoms. The van der Waals surface area contributed by atoms with Crippen molar-refractivity contribution >= 4 is 16.6 Å². The Labute approximate surface area is 339 Å². The van der Waals surface area contributed by atoms with Crippen molar-refractivity contribution in [2.45, 2.75) is 131 Å². The molecule has 3 aromatic heterocycles. The summed E-state index contributed by atoms with van der Waals surface area (Å²) in [5.74, 6) is 4.34. The van der Waals surface area contributed by atoms with Crippen LogP contribution in [0.5, 0.6) is 0 Å². The molecule has 328 valence electrons. The molecular formula is C39H69F6N7O3Si2. The molecule has 3 rings (SSSR count). The molecule has 0 aliphatic carbocycles. The summed E-state index contributed by atoms with van der Waals surface area (Å²) >= 11 is 0. The van der Waals surface area contributed by atoms with Crippen LogP contribution in [-0.4, -0.2) is 86.0 Å². The Morgan fingerprint density at radius 2 is 1.28 bits per heavy atom. The van der Waals surface area contributed by atoms with Gasteiger partial charge in [-0.15, -0.1) is 0 Å². The minimum atomic E-state index is -4.34. The first kappa shape index (κ1) is 56.0. The van der Waals surface area contributed by atoms with Crippen LogP contribution in [-0.2, 0) is 35.0 Å². The maximum Gasteiger partial charge on any atom is 0.408 e. The first-order valence-electron chi connectivity index (χ1n) is 18.2. The third kappa shape index (κ3) is 22.6. The van der Waals surface area contributed by atoms with Gasteiger partial charge in [-0.25, -0.2) is 0 Å². The lowest BCUT2D eigenvalue weighted by Gasteiger charge is -2.36. The molecule has 0 saturated heterocycles. The summed E-state index contributed by atoms with van der Waals surface area (Å²) < 4.78 is 84.4. The molecule has 10 nitrogen and oxygen atoms in total. The van der Waals surface area contributed by atoms with Gasteiger partial charge in [-0.05, 0) is 73.2 Å². The lowest BCUT2D eigenvalue weighted by molar-refractivity contribution is -0.142. The first-order valence-corrected chi connectivity index (χ1v) is 24.0. The number of hydrogen-bond donors (Lipinski definition) is 3. The summed E-state index contributed by atoms with van der Waals surface area (Å²) in [6, 6.07) is 9.26. The smallest absolute Gasteiger partial charge is 0.408 e. The minimum Gasteiger partial charge on any atom is -0.412 e. The fourth-order valence-electron chi connectivity index (χ4n) is 3.84. The van der Waals surface area contributed by atoms with Crippen molar-refractivity contribution in [2.24, 2.45) is 5.84 Å². The van der Waals surface area contributed by atoms with Crippen LogP contribution in [0.15, 0.2) is 61.2 Å². The third-order valence-electron chi connectivity index (χ3n) is 8.97. The Kier molecular flexibility index (Phi) is 24.3. The second kappa shape index (κ2) is 24.7. The van der Waals surface area contributed by atoms with E-state index in [1.165, 1.54) is 17.2 Å². The van der Waals surface area contributed by atoms with Gasteiger partial charge in [-0.3, -0.25) is 25.9 Å². The second-order valence-corrected chi connectivity index (χ2v) is 25.7. The molecule has 0 aliphatic rings. The average Bonchev–Trinajstić information content (AvgIpc) is 3.49. The number of hydrogen-bond acceptors (Lipinski definition) is 9. The summed E-state index contributed by atoms with van der Waals surface area (Å²) in [5, 5.41) is 11.6. The molecule has 0 spiro atoms.